The number of hydrogen-bond acceptors (Lipinski definition) is 5. The number of esters is 1. The average Bonchev–Trinajstić information content (AvgIpc) is 2.58. The van der Waals surface area contributed by atoms with Crippen LogP contribution in [0.3, 0.4) is 0 Å². The fourth-order valence-corrected chi connectivity index (χ4v) is 2.62. The SMILES string of the molecule is CCN(CC)c1ccc2c(COC(=O)CCC[NH3+])cc(=O)oc2c1. The van der Waals surface area contributed by atoms with Crippen LogP contribution in [0.1, 0.15) is 32.3 Å². The number of ether oxygens (including phenoxy) is 1. The van der Waals surface area contributed by atoms with Crippen molar-refractivity contribution in [2.75, 3.05) is 24.5 Å². The largest absolute Gasteiger partial charge is 0.461 e. The normalized spacial score (nSPS) is 10.8. The minimum atomic E-state index is -0.442. The van der Waals surface area contributed by atoms with Crippen molar-refractivity contribution >= 4 is 22.6 Å². The van der Waals surface area contributed by atoms with Crippen molar-refractivity contribution in [3.8, 4) is 0 Å². The summed E-state index contributed by atoms with van der Waals surface area (Å²) in [6.45, 7) is 6.66. The molecule has 1 aromatic heterocycles. The summed E-state index contributed by atoms with van der Waals surface area (Å²) < 4.78 is 10.6. The highest BCUT2D eigenvalue weighted by molar-refractivity contribution is 5.83. The van der Waals surface area contributed by atoms with Crippen molar-refractivity contribution in [2.24, 2.45) is 0 Å². The fourth-order valence-electron chi connectivity index (χ4n) is 2.62. The van der Waals surface area contributed by atoms with E-state index >= 15 is 0 Å². The lowest BCUT2D eigenvalue weighted by atomic mass is 10.1. The maximum Gasteiger partial charge on any atom is 0.336 e. The molecule has 6 heteroatoms. The van der Waals surface area contributed by atoms with Crippen molar-refractivity contribution < 1.29 is 19.7 Å². The zero-order valence-electron chi connectivity index (χ0n) is 14.3. The molecule has 0 radical (unpaired) electrons. The Hall–Kier alpha value is -2.34. The summed E-state index contributed by atoms with van der Waals surface area (Å²) in [5.41, 5.74) is 5.43. The van der Waals surface area contributed by atoms with Gasteiger partial charge in [-0.1, -0.05) is 0 Å². The van der Waals surface area contributed by atoms with Crippen LogP contribution in [0.2, 0.25) is 0 Å². The molecule has 0 atom stereocenters. The van der Waals surface area contributed by atoms with E-state index in [-0.39, 0.29) is 12.6 Å². The number of nitrogens with zero attached hydrogens (tertiary/aromatic N) is 1. The lowest BCUT2D eigenvalue weighted by Gasteiger charge is -2.21. The third kappa shape index (κ3) is 4.35. The van der Waals surface area contributed by atoms with Crippen LogP contribution < -0.4 is 16.3 Å². The second-order valence-electron chi connectivity index (χ2n) is 5.56. The molecule has 3 N–H and O–H groups in total. The van der Waals surface area contributed by atoms with E-state index in [1.807, 2.05) is 18.2 Å². The molecule has 1 heterocycles. The number of fused-ring (bicyclic) bond motifs is 1. The average molecular weight is 333 g/mol. The number of carbonyl (C=O) groups is 1. The lowest BCUT2D eigenvalue weighted by Crippen LogP contribution is -2.50. The van der Waals surface area contributed by atoms with Gasteiger partial charge in [0.25, 0.3) is 0 Å². The van der Waals surface area contributed by atoms with Crippen molar-refractivity contribution in [3.05, 3.63) is 40.2 Å². The zero-order chi connectivity index (χ0) is 17.5. The Morgan fingerprint density at radius 1 is 1.25 bits per heavy atom. The zero-order valence-corrected chi connectivity index (χ0v) is 14.3. The molecule has 0 aliphatic carbocycles. The molecule has 0 fully saturated rings. The number of anilines is 1. The van der Waals surface area contributed by atoms with Gasteiger partial charge in [0, 0.05) is 48.3 Å². The molecule has 2 aromatic rings. The highest BCUT2D eigenvalue weighted by Gasteiger charge is 2.11. The van der Waals surface area contributed by atoms with Crippen LogP contribution in [0, 0.1) is 0 Å². The van der Waals surface area contributed by atoms with Gasteiger partial charge in [-0.05, 0) is 26.0 Å². The Labute approximate surface area is 141 Å². The number of benzene rings is 1. The molecule has 24 heavy (non-hydrogen) atoms. The van der Waals surface area contributed by atoms with Gasteiger partial charge < -0.3 is 19.8 Å². The van der Waals surface area contributed by atoms with Gasteiger partial charge in [0.1, 0.15) is 12.2 Å². The minimum Gasteiger partial charge on any atom is -0.461 e. The summed E-state index contributed by atoms with van der Waals surface area (Å²) in [5.74, 6) is -0.278. The molecule has 0 amide bonds. The standard InChI is InChI=1S/C18H24N2O4/c1-3-20(4-2)14-7-8-15-13(10-18(22)24-16(15)11-14)12-23-17(21)6-5-9-19/h7-8,10-11H,3-6,9,12,19H2,1-2H3/p+1. The summed E-state index contributed by atoms with van der Waals surface area (Å²) >= 11 is 0. The van der Waals surface area contributed by atoms with E-state index in [1.165, 1.54) is 6.07 Å². The molecule has 0 saturated carbocycles. The van der Waals surface area contributed by atoms with E-state index in [4.69, 9.17) is 9.15 Å². The molecule has 1 aromatic carbocycles. The highest BCUT2D eigenvalue weighted by Crippen LogP contribution is 2.24. The molecule has 0 saturated heterocycles. The van der Waals surface area contributed by atoms with Gasteiger partial charge in [-0.2, -0.15) is 0 Å². The molecule has 0 aliphatic rings. The summed E-state index contributed by atoms with van der Waals surface area (Å²) in [6.07, 6.45) is 1.04. The van der Waals surface area contributed by atoms with Gasteiger partial charge in [-0.3, -0.25) is 4.79 Å². The van der Waals surface area contributed by atoms with Crippen LogP contribution in [0.25, 0.3) is 11.0 Å². The van der Waals surface area contributed by atoms with E-state index in [1.54, 1.807) is 0 Å². The Morgan fingerprint density at radius 2 is 2.00 bits per heavy atom. The summed E-state index contributed by atoms with van der Waals surface area (Å²) in [4.78, 5) is 25.6. The minimum absolute atomic E-state index is 0.0721. The molecule has 0 spiro atoms. The van der Waals surface area contributed by atoms with Gasteiger partial charge in [-0.15, -0.1) is 0 Å². The first-order chi connectivity index (χ1) is 11.6. The Bertz CT molecular complexity index is 750. The molecule has 0 aliphatic heterocycles. The van der Waals surface area contributed by atoms with Crippen molar-refractivity contribution in [1.82, 2.24) is 0 Å². The van der Waals surface area contributed by atoms with E-state index in [9.17, 15) is 9.59 Å². The quantitative estimate of drug-likeness (QED) is 0.587. The second kappa shape index (κ2) is 8.49. The first-order valence-electron chi connectivity index (χ1n) is 8.35. The second-order valence-corrected chi connectivity index (χ2v) is 5.56. The van der Waals surface area contributed by atoms with Gasteiger partial charge >= 0.3 is 11.6 Å². The van der Waals surface area contributed by atoms with Gasteiger partial charge in [-0.25, -0.2) is 4.79 Å². The summed E-state index contributed by atoms with van der Waals surface area (Å²) in [7, 11) is 0. The number of carbonyl (C=O) groups excluding carboxylic acids is 1. The maximum absolute atomic E-state index is 11.8. The van der Waals surface area contributed by atoms with Crippen LogP contribution in [-0.4, -0.2) is 25.6 Å². The van der Waals surface area contributed by atoms with E-state index in [0.29, 0.717) is 30.5 Å². The Balaban J connectivity index is 2.27. The molecule has 0 bridgehead atoms. The summed E-state index contributed by atoms with van der Waals surface area (Å²) in [6, 6.07) is 7.14. The molecule has 6 nitrogen and oxygen atoms in total. The Morgan fingerprint density at radius 3 is 2.67 bits per heavy atom. The molecule has 2 rings (SSSR count). The van der Waals surface area contributed by atoms with Crippen LogP contribution in [-0.2, 0) is 16.1 Å². The maximum atomic E-state index is 11.8. The molecular formula is C18H25N2O4+. The lowest BCUT2D eigenvalue weighted by molar-refractivity contribution is -0.368. The Kier molecular flexibility index (Phi) is 6.37. The third-order valence-corrected chi connectivity index (χ3v) is 3.96. The highest BCUT2D eigenvalue weighted by atomic mass is 16.5. The van der Waals surface area contributed by atoms with E-state index < -0.39 is 5.63 Å². The van der Waals surface area contributed by atoms with Gasteiger partial charge in [0.2, 0.25) is 0 Å². The van der Waals surface area contributed by atoms with Crippen molar-refractivity contribution in [3.63, 3.8) is 0 Å². The molecular weight excluding hydrogens is 308 g/mol. The predicted molar refractivity (Wildman–Crippen MR) is 92.8 cm³/mol. The topological polar surface area (TPSA) is 87.4 Å². The van der Waals surface area contributed by atoms with Gasteiger partial charge in [0.15, 0.2) is 0 Å². The number of hydrogen-bond donors (Lipinski definition) is 1. The van der Waals surface area contributed by atoms with Crippen LogP contribution in [0.15, 0.2) is 33.5 Å². The molecule has 0 unspecified atom stereocenters. The number of rotatable bonds is 8. The summed E-state index contributed by atoms with van der Waals surface area (Å²) in [5, 5.41) is 0.787. The van der Waals surface area contributed by atoms with E-state index in [2.05, 4.69) is 24.5 Å². The smallest absolute Gasteiger partial charge is 0.336 e. The van der Waals surface area contributed by atoms with Crippen LogP contribution >= 0.6 is 0 Å². The van der Waals surface area contributed by atoms with Gasteiger partial charge in [0.05, 0.1) is 13.0 Å². The first kappa shape index (κ1) is 18.0. The first-order valence-corrected chi connectivity index (χ1v) is 8.35. The monoisotopic (exact) mass is 333 g/mol. The third-order valence-electron chi connectivity index (χ3n) is 3.96. The van der Waals surface area contributed by atoms with Crippen LogP contribution in [0.5, 0.6) is 0 Å². The number of quaternary nitrogens is 1. The predicted octanol–water partition coefficient (Wildman–Crippen LogP) is 1.70. The fraction of sp³-hybridized carbons (Fsp3) is 0.444. The molecule has 130 valence electrons. The van der Waals surface area contributed by atoms with Crippen LogP contribution in [0.4, 0.5) is 5.69 Å². The van der Waals surface area contributed by atoms with Crippen molar-refractivity contribution in [1.29, 1.82) is 0 Å². The van der Waals surface area contributed by atoms with Crippen molar-refractivity contribution in [2.45, 2.75) is 33.3 Å². The van der Waals surface area contributed by atoms with E-state index in [0.717, 1.165) is 24.2 Å².